The van der Waals surface area contributed by atoms with E-state index < -0.39 is 30.0 Å². The maximum absolute atomic E-state index is 14.1. The van der Waals surface area contributed by atoms with E-state index >= 15 is 0 Å². The second-order valence-electron chi connectivity index (χ2n) is 7.92. The predicted molar refractivity (Wildman–Crippen MR) is 115 cm³/mol. The summed E-state index contributed by atoms with van der Waals surface area (Å²) in [6, 6.07) is 6.08. The van der Waals surface area contributed by atoms with Gasteiger partial charge in [0.25, 0.3) is 5.92 Å². The van der Waals surface area contributed by atoms with E-state index in [-0.39, 0.29) is 11.3 Å². The lowest BCUT2D eigenvalue weighted by Crippen LogP contribution is -2.20. The minimum atomic E-state index is -3.56. The van der Waals surface area contributed by atoms with Gasteiger partial charge in [-0.15, -0.1) is 5.10 Å². The van der Waals surface area contributed by atoms with E-state index in [0.717, 1.165) is 23.0 Å². The molecule has 0 aliphatic heterocycles. The summed E-state index contributed by atoms with van der Waals surface area (Å²) in [5.41, 5.74) is 1.58. The first-order valence-electron chi connectivity index (χ1n) is 9.92. The highest BCUT2D eigenvalue weighted by molar-refractivity contribution is 6.01. The first kappa shape index (κ1) is 21.8. The molecule has 0 aliphatic rings. The number of hydrogen-bond donors (Lipinski definition) is 2. The van der Waals surface area contributed by atoms with Gasteiger partial charge in [0.2, 0.25) is 0 Å². The van der Waals surface area contributed by atoms with Crippen LogP contribution in [0.2, 0.25) is 0 Å². The molecule has 0 saturated heterocycles. The Hall–Kier alpha value is -3.40. The molecular formula is C22H22F3N5O2. The smallest absolute Gasteiger partial charge is 0.328 e. The molecule has 2 N–H and O–H groups in total. The molecule has 2 aromatic carbocycles. The van der Waals surface area contributed by atoms with Crippen LogP contribution in [-0.2, 0) is 20.0 Å². The van der Waals surface area contributed by atoms with Crippen molar-refractivity contribution in [2.24, 2.45) is 14.1 Å². The van der Waals surface area contributed by atoms with Crippen molar-refractivity contribution < 1.29 is 18.3 Å². The number of nitrogens with one attached hydrogen (secondary N) is 1. The van der Waals surface area contributed by atoms with E-state index in [4.69, 9.17) is 5.11 Å². The molecule has 10 heteroatoms. The molecule has 0 radical (unpaired) electrons. The SMILES string of the molecule is Cc1nnc(N[C@H](C)c2cc(F)cc(C(F)(F)CO)c2)c2cc3c(cc12)n(C)c(=O)n3C. The summed E-state index contributed by atoms with van der Waals surface area (Å²) in [5, 5.41) is 21.9. The fourth-order valence-corrected chi connectivity index (χ4v) is 3.83. The van der Waals surface area contributed by atoms with Gasteiger partial charge in [0, 0.05) is 30.4 Å². The Morgan fingerprint density at radius 1 is 1.06 bits per heavy atom. The Balaban J connectivity index is 1.81. The average molecular weight is 445 g/mol. The number of imidazole rings is 1. The van der Waals surface area contributed by atoms with Gasteiger partial charge in [-0.3, -0.25) is 9.13 Å². The van der Waals surface area contributed by atoms with E-state index in [1.807, 2.05) is 12.1 Å². The van der Waals surface area contributed by atoms with Gasteiger partial charge in [0.1, 0.15) is 12.4 Å². The number of halogens is 3. The molecule has 1 atom stereocenters. The Morgan fingerprint density at radius 3 is 2.31 bits per heavy atom. The minimum Gasteiger partial charge on any atom is -0.390 e. The van der Waals surface area contributed by atoms with Gasteiger partial charge in [-0.1, -0.05) is 0 Å². The number of aliphatic hydroxyl groups is 1. The molecule has 0 unspecified atom stereocenters. The summed E-state index contributed by atoms with van der Waals surface area (Å²) in [7, 11) is 3.36. The first-order chi connectivity index (χ1) is 15.0. The molecule has 0 aliphatic carbocycles. The number of anilines is 1. The largest absolute Gasteiger partial charge is 0.390 e. The van der Waals surface area contributed by atoms with Crippen LogP contribution in [0.25, 0.3) is 21.8 Å². The Morgan fingerprint density at radius 2 is 1.69 bits per heavy atom. The van der Waals surface area contributed by atoms with Crippen LogP contribution in [0.1, 0.15) is 29.8 Å². The highest BCUT2D eigenvalue weighted by atomic mass is 19.3. The molecule has 4 rings (SSSR count). The maximum atomic E-state index is 14.1. The summed E-state index contributed by atoms with van der Waals surface area (Å²) in [4.78, 5) is 12.3. The second kappa shape index (κ2) is 7.63. The van der Waals surface area contributed by atoms with Gasteiger partial charge in [-0.25, -0.2) is 9.18 Å². The number of benzene rings is 2. The Bertz CT molecular complexity index is 1410. The van der Waals surface area contributed by atoms with Crippen LogP contribution in [-0.4, -0.2) is 31.0 Å². The monoisotopic (exact) mass is 445 g/mol. The highest BCUT2D eigenvalue weighted by Crippen LogP contribution is 2.33. The fraction of sp³-hybridized carbons (Fsp3) is 0.318. The molecule has 0 amide bonds. The van der Waals surface area contributed by atoms with Crippen molar-refractivity contribution in [3.05, 3.63) is 63.5 Å². The van der Waals surface area contributed by atoms with E-state index in [1.54, 1.807) is 32.5 Å². The van der Waals surface area contributed by atoms with Crippen LogP contribution in [0.5, 0.6) is 0 Å². The second-order valence-corrected chi connectivity index (χ2v) is 7.92. The molecular weight excluding hydrogens is 423 g/mol. The van der Waals surface area contributed by atoms with Crippen molar-refractivity contribution in [3.63, 3.8) is 0 Å². The third kappa shape index (κ3) is 3.50. The van der Waals surface area contributed by atoms with Crippen molar-refractivity contribution >= 4 is 27.6 Å². The molecule has 2 heterocycles. The maximum Gasteiger partial charge on any atom is 0.328 e. The summed E-state index contributed by atoms with van der Waals surface area (Å²) in [6.45, 7) is 2.06. The zero-order valence-corrected chi connectivity index (χ0v) is 17.9. The Kier molecular flexibility index (Phi) is 5.20. The summed E-state index contributed by atoms with van der Waals surface area (Å²) < 4.78 is 45.0. The van der Waals surface area contributed by atoms with Crippen LogP contribution in [0, 0.1) is 12.7 Å². The normalized spacial score (nSPS) is 13.1. The Labute approximate surface area is 181 Å². The third-order valence-corrected chi connectivity index (χ3v) is 5.75. The molecule has 7 nitrogen and oxygen atoms in total. The zero-order chi connectivity index (χ0) is 23.4. The summed E-state index contributed by atoms with van der Waals surface area (Å²) >= 11 is 0. The van der Waals surface area contributed by atoms with Crippen molar-refractivity contribution in [2.75, 3.05) is 11.9 Å². The standard InChI is InChI=1S/C22H22F3N5O2/c1-11(13-5-14(7-15(23)6-13)22(24,25)10-31)26-20-17-9-19-18(29(3)21(32)30(19)4)8-16(17)12(2)27-28-20/h5-9,11,31H,10H2,1-4H3,(H,26,28)/t11-/m1/s1. The van der Waals surface area contributed by atoms with Crippen molar-refractivity contribution in [2.45, 2.75) is 25.8 Å². The number of nitrogens with zero attached hydrogens (tertiary/aromatic N) is 4. The van der Waals surface area contributed by atoms with Gasteiger partial charge >= 0.3 is 5.69 Å². The fourth-order valence-electron chi connectivity index (χ4n) is 3.83. The molecule has 0 fully saturated rings. The molecule has 0 spiro atoms. The number of alkyl halides is 2. The molecule has 2 aromatic heterocycles. The predicted octanol–water partition coefficient (Wildman–Crippen LogP) is 3.52. The van der Waals surface area contributed by atoms with Gasteiger partial charge in [-0.2, -0.15) is 13.9 Å². The van der Waals surface area contributed by atoms with Crippen LogP contribution in [0.4, 0.5) is 19.0 Å². The average Bonchev–Trinajstić information content (AvgIpc) is 2.98. The lowest BCUT2D eigenvalue weighted by molar-refractivity contribution is -0.0558. The van der Waals surface area contributed by atoms with E-state index in [1.165, 1.54) is 4.57 Å². The van der Waals surface area contributed by atoms with Crippen LogP contribution >= 0.6 is 0 Å². The van der Waals surface area contributed by atoms with Gasteiger partial charge in [-0.05, 0) is 49.7 Å². The summed E-state index contributed by atoms with van der Waals surface area (Å²) in [6.07, 6.45) is 0. The molecule has 32 heavy (non-hydrogen) atoms. The number of aryl methyl sites for hydroxylation is 3. The lowest BCUT2D eigenvalue weighted by Gasteiger charge is -2.20. The number of hydrogen-bond acceptors (Lipinski definition) is 5. The van der Waals surface area contributed by atoms with Crippen molar-refractivity contribution in [3.8, 4) is 0 Å². The molecule has 0 bridgehead atoms. The zero-order valence-electron chi connectivity index (χ0n) is 17.9. The van der Waals surface area contributed by atoms with E-state index in [9.17, 15) is 18.0 Å². The molecule has 4 aromatic rings. The number of aliphatic hydroxyl groups excluding tert-OH is 1. The lowest BCUT2D eigenvalue weighted by atomic mass is 10.0. The quantitative estimate of drug-likeness (QED) is 0.491. The third-order valence-electron chi connectivity index (χ3n) is 5.75. The van der Waals surface area contributed by atoms with Crippen LogP contribution < -0.4 is 11.0 Å². The van der Waals surface area contributed by atoms with Crippen LogP contribution in [0.15, 0.2) is 35.1 Å². The van der Waals surface area contributed by atoms with Gasteiger partial charge in [0.05, 0.1) is 22.8 Å². The first-order valence-corrected chi connectivity index (χ1v) is 9.92. The molecule has 0 saturated carbocycles. The van der Waals surface area contributed by atoms with E-state index in [2.05, 4.69) is 15.5 Å². The van der Waals surface area contributed by atoms with E-state index in [0.29, 0.717) is 28.5 Å². The number of aromatic nitrogens is 4. The minimum absolute atomic E-state index is 0.172. The molecule has 168 valence electrons. The summed E-state index contributed by atoms with van der Waals surface area (Å²) in [5.74, 6) is -4.02. The topological polar surface area (TPSA) is 85.0 Å². The van der Waals surface area contributed by atoms with Gasteiger partial charge < -0.3 is 10.4 Å². The van der Waals surface area contributed by atoms with Crippen molar-refractivity contribution in [1.29, 1.82) is 0 Å². The number of fused-ring (bicyclic) bond motifs is 2. The van der Waals surface area contributed by atoms with Gasteiger partial charge in [0.15, 0.2) is 5.82 Å². The highest BCUT2D eigenvalue weighted by Gasteiger charge is 2.31. The van der Waals surface area contributed by atoms with Crippen LogP contribution in [0.3, 0.4) is 0 Å². The number of rotatable bonds is 5. The van der Waals surface area contributed by atoms with Crippen molar-refractivity contribution in [1.82, 2.24) is 19.3 Å².